The number of carbonyl (C=O) groups excluding carboxylic acids is 1. The van der Waals surface area contributed by atoms with Crippen molar-refractivity contribution in [3.05, 3.63) is 48.5 Å². The van der Waals surface area contributed by atoms with E-state index in [4.69, 9.17) is 5.73 Å². The van der Waals surface area contributed by atoms with Crippen molar-refractivity contribution in [2.45, 2.75) is 43.7 Å². The lowest BCUT2D eigenvalue weighted by molar-refractivity contribution is -0.0257. The van der Waals surface area contributed by atoms with Crippen molar-refractivity contribution < 1.29 is 13.2 Å². The van der Waals surface area contributed by atoms with E-state index in [-0.39, 0.29) is 17.6 Å². The summed E-state index contributed by atoms with van der Waals surface area (Å²) in [6.45, 7) is 3.70. The van der Waals surface area contributed by atoms with Gasteiger partial charge in [0.15, 0.2) is 0 Å². The van der Waals surface area contributed by atoms with E-state index in [2.05, 4.69) is 45.4 Å². The first-order valence-corrected chi connectivity index (χ1v) is 16.6. The Labute approximate surface area is 237 Å². The molecule has 214 valence electrons. The summed E-state index contributed by atoms with van der Waals surface area (Å²) in [5, 5.41) is 3.47. The average Bonchev–Trinajstić information content (AvgIpc) is 2.93. The second-order valence-electron chi connectivity index (χ2n) is 12.8. The van der Waals surface area contributed by atoms with Crippen LogP contribution in [0.5, 0.6) is 0 Å². The first-order valence-electron chi connectivity index (χ1n) is 14.7. The van der Waals surface area contributed by atoms with E-state index in [1.165, 1.54) is 19.1 Å². The van der Waals surface area contributed by atoms with Crippen LogP contribution in [-0.2, 0) is 10.0 Å². The third-order valence-corrected chi connectivity index (χ3v) is 11.4. The molecule has 4 saturated carbocycles. The van der Waals surface area contributed by atoms with E-state index in [1.807, 2.05) is 23.1 Å². The van der Waals surface area contributed by atoms with Crippen LogP contribution in [0.25, 0.3) is 0 Å². The van der Waals surface area contributed by atoms with Crippen LogP contribution < -0.4 is 25.8 Å². The molecule has 2 aromatic carbocycles. The zero-order chi connectivity index (χ0) is 27.6. The fourth-order valence-electron chi connectivity index (χ4n) is 8.51. The zero-order valence-corrected chi connectivity index (χ0v) is 24.0. The van der Waals surface area contributed by atoms with Crippen LogP contribution in [0, 0.1) is 17.8 Å². The van der Waals surface area contributed by atoms with Crippen LogP contribution in [0.4, 0.5) is 27.5 Å². The molecule has 0 radical (unpaired) electrons. The number of nitrogens with zero attached hydrogens (tertiary/aromatic N) is 4. The number of anilines is 4. The van der Waals surface area contributed by atoms with Crippen molar-refractivity contribution in [1.29, 1.82) is 0 Å². The molecule has 9 nitrogen and oxygen atoms in total. The maximum absolute atomic E-state index is 13.7. The third-order valence-electron chi connectivity index (χ3n) is 10.1. The molecule has 4 bridgehead atoms. The van der Waals surface area contributed by atoms with Gasteiger partial charge in [0.25, 0.3) is 0 Å². The highest BCUT2D eigenvalue weighted by Gasteiger charge is 2.54. The number of nitrogens with one attached hydrogen (secondary N) is 1. The summed E-state index contributed by atoms with van der Waals surface area (Å²) in [5.41, 5.74) is 10.9. The fraction of sp³-hybridized carbons (Fsp3) is 0.567. The number of rotatable bonds is 4. The standard InChI is InChI=1S/C30H40N6O3S/c1-40(38,39)34-12-10-33(11-13-34)24-6-8-25(9-7-24)35-14-15-36(27-5-3-2-4-26(27)35)29(37)32-28-22-16-21-17-23(28)20-30(31,18-21)19-22/h2-9,21-23,28H,10-20,31H2,1H3,(H,32,37)/t21?,22-,23+,28-,30-. The zero-order valence-electron chi connectivity index (χ0n) is 23.2. The minimum absolute atomic E-state index is 0.00396. The van der Waals surface area contributed by atoms with Gasteiger partial charge in [0, 0.05) is 62.2 Å². The number of amides is 2. The molecule has 0 aromatic heterocycles. The van der Waals surface area contributed by atoms with Gasteiger partial charge in [-0.3, -0.25) is 4.90 Å². The van der Waals surface area contributed by atoms with Gasteiger partial charge in [0.05, 0.1) is 17.6 Å². The predicted molar refractivity (Wildman–Crippen MR) is 159 cm³/mol. The van der Waals surface area contributed by atoms with Gasteiger partial charge in [-0.2, -0.15) is 4.31 Å². The minimum atomic E-state index is -3.14. The lowest BCUT2D eigenvalue weighted by Gasteiger charge is -2.59. The molecule has 4 aliphatic carbocycles. The summed E-state index contributed by atoms with van der Waals surface area (Å²) in [5.74, 6) is 1.75. The van der Waals surface area contributed by atoms with Crippen LogP contribution in [0.3, 0.4) is 0 Å². The van der Waals surface area contributed by atoms with Crippen molar-refractivity contribution in [1.82, 2.24) is 9.62 Å². The molecule has 1 unspecified atom stereocenters. The largest absolute Gasteiger partial charge is 0.369 e. The molecular weight excluding hydrogens is 524 g/mol. The Morgan fingerprint density at radius 3 is 2.10 bits per heavy atom. The van der Waals surface area contributed by atoms with E-state index in [1.54, 1.807) is 4.31 Å². The number of carbonyl (C=O) groups is 1. The Morgan fingerprint density at radius 2 is 1.48 bits per heavy atom. The molecule has 0 spiro atoms. The van der Waals surface area contributed by atoms with Crippen molar-refractivity contribution in [3.63, 3.8) is 0 Å². The first-order chi connectivity index (χ1) is 19.2. The molecule has 3 N–H and O–H groups in total. The molecule has 2 aromatic rings. The van der Waals surface area contributed by atoms with Crippen molar-refractivity contribution in [3.8, 4) is 0 Å². The van der Waals surface area contributed by atoms with Crippen LogP contribution >= 0.6 is 0 Å². The molecule has 8 rings (SSSR count). The molecule has 10 heteroatoms. The number of para-hydroxylation sites is 2. The molecule has 2 amide bonds. The SMILES string of the molecule is CS(=O)(=O)N1CCN(c2ccc(N3CCN(C(=O)N[C@@H]4[C@@H]5CC6C[C@H]4C[C@@](N)(C6)C5)c4ccccc43)cc2)CC1. The van der Waals surface area contributed by atoms with E-state index < -0.39 is 10.0 Å². The highest BCUT2D eigenvalue weighted by Crippen LogP contribution is 2.54. The Hall–Kier alpha value is -2.82. The van der Waals surface area contributed by atoms with Gasteiger partial charge < -0.3 is 20.9 Å². The average molecular weight is 565 g/mol. The highest BCUT2D eigenvalue weighted by atomic mass is 32.2. The summed E-state index contributed by atoms with van der Waals surface area (Å²) in [7, 11) is -3.14. The topological polar surface area (TPSA) is 102 Å². The summed E-state index contributed by atoms with van der Waals surface area (Å²) < 4.78 is 25.3. The summed E-state index contributed by atoms with van der Waals surface area (Å²) >= 11 is 0. The van der Waals surface area contributed by atoms with Gasteiger partial charge in [0.1, 0.15) is 0 Å². The monoisotopic (exact) mass is 564 g/mol. The summed E-state index contributed by atoms with van der Waals surface area (Å²) in [4.78, 5) is 20.1. The van der Waals surface area contributed by atoms with Crippen molar-refractivity contribution >= 4 is 38.8 Å². The van der Waals surface area contributed by atoms with Crippen LogP contribution in [0.15, 0.2) is 48.5 Å². The Morgan fingerprint density at radius 1 is 0.850 bits per heavy atom. The van der Waals surface area contributed by atoms with Crippen LogP contribution in [0.2, 0.25) is 0 Å². The fourth-order valence-corrected chi connectivity index (χ4v) is 9.33. The predicted octanol–water partition coefficient (Wildman–Crippen LogP) is 3.34. The second kappa shape index (κ2) is 9.63. The van der Waals surface area contributed by atoms with Crippen molar-refractivity contribution in [2.24, 2.45) is 23.5 Å². The highest BCUT2D eigenvalue weighted by molar-refractivity contribution is 7.88. The molecule has 5 fully saturated rings. The number of hydrogen-bond acceptors (Lipinski definition) is 6. The Balaban J connectivity index is 1.05. The molecule has 5 atom stereocenters. The smallest absolute Gasteiger partial charge is 0.322 e. The van der Waals surface area contributed by atoms with Gasteiger partial charge >= 0.3 is 6.03 Å². The maximum atomic E-state index is 13.7. The molecule has 1 saturated heterocycles. The van der Waals surface area contributed by atoms with E-state index >= 15 is 0 Å². The van der Waals surface area contributed by atoms with Crippen LogP contribution in [-0.4, -0.2) is 75.9 Å². The van der Waals surface area contributed by atoms with Crippen molar-refractivity contribution in [2.75, 3.05) is 60.2 Å². The maximum Gasteiger partial charge on any atom is 0.322 e. The van der Waals surface area contributed by atoms with Gasteiger partial charge in [-0.05, 0) is 86.3 Å². The quantitative estimate of drug-likeness (QED) is 0.591. The minimum Gasteiger partial charge on any atom is -0.369 e. The number of urea groups is 1. The van der Waals surface area contributed by atoms with Gasteiger partial charge in [-0.15, -0.1) is 0 Å². The number of sulfonamides is 1. The Kier molecular flexibility index (Phi) is 6.29. The lowest BCUT2D eigenvalue weighted by Crippen LogP contribution is -2.65. The summed E-state index contributed by atoms with van der Waals surface area (Å²) in [6.07, 6.45) is 6.92. The van der Waals surface area contributed by atoms with E-state index in [9.17, 15) is 13.2 Å². The van der Waals surface area contributed by atoms with Crippen LogP contribution in [0.1, 0.15) is 32.1 Å². The number of fused-ring (bicyclic) bond motifs is 1. The lowest BCUT2D eigenvalue weighted by atomic mass is 9.51. The number of hydrogen-bond donors (Lipinski definition) is 2. The Bertz CT molecular complexity index is 1370. The van der Waals surface area contributed by atoms with E-state index in [0.717, 1.165) is 47.9 Å². The molecule has 6 aliphatic rings. The summed E-state index contributed by atoms with van der Waals surface area (Å²) in [6, 6.07) is 16.9. The third kappa shape index (κ3) is 4.63. The van der Waals surface area contributed by atoms with E-state index in [0.29, 0.717) is 51.1 Å². The molecule has 2 aliphatic heterocycles. The molecule has 2 heterocycles. The molecule has 40 heavy (non-hydrogen) atoms. The second-order valence-corrected chi connectivity index (χ2v) is 14.7. The number of benzene rings is 2. The van der Waals surface area contributed by atoms with Gasteiger partial charge in [0.2, 0.25) is 10.0 Å². The number of piperazine rings is 1. The molecular formula is C30H40N6O3S. The van der Waals surface area contributed by atoms with Gasteiger partial charge in [-0.1, -0.05) is 12.1 Å². The van der Waals surface area contributed by atoms with Gasteiger partial charge in [-0.25, -0.2) is 13.2 Å². The first kappa shape index (κ1) is 26.1. The normalized spacial score (nSPS) is 31.8. The number of nitrogens with two attached hydrogens (primary N) is 1.